The van der Waals surface area contributed by atoms with E-state index < -0.39 is 84.0 Å². The van der Waals surface area contributed by atoms with E-state index in [1.807, 2.05) is 72.8 Å². The maximum absolute atomic E-state index is 14.9. The lowest BCUT2D eigenvalue weighted by atomic mass is 9.76. The molecule has 11 aromatic rings. The van der Waals surface area contributed by atoms with Crippen LogP contribution < -0.4 is 21.3 Å². The van der Waals surface area contributed by atoms with Crippen LogP contribution in [-0.4, -0.2) is 87.9 Å². The van der Waals surface area contributed by atoms with Gasteiger partial charge in [0.1, 0.15) is 0 Å². The number of fused-ring (bicyclic) bond motifs is 24. The molecule has 4 amide bonds. The zero-order valence-corrected chi connectivity index (χ0v) is 53.9. The van der Waals surface area contributed by atoms with Crippen molar-refractivity contribution in [1.82, 2.24) is 19.9 Å². The molecule has 8 aromatic carbocycles. The van der Waals surface area contributed by atoms with Gasteiger partial charge < -0.3 is 51.7 Å². The van der Waals surface area contributed by atoms with E-state index in [1.165, 1.54) is 48.5 Å². The average molecular weight is 1350 g/mol. The normalized spacial score (nSPS) is 14.5. The van der Waals surface area contributed by atoms with Crippen LogP contribution in [0.1, 0.15) is 86.5 Å². The second-order valence-corrected chi connectivity index (χ2v) is 25.4. The summed E-state index contributed by atoms with van der Waals surface area (Å²) in [6, 6.07) is 60.2. The van der Waals surface area contributed by atoms with Crippen LogP contribution in [0.15, 0.2) is 218 Å². The van der Waals surface area contributed by atoms with Crippen molar-refractivity contribution in [2.24, 2.45) is 10.8 Å². The second-order valence-electron chi connectivity index (χ2n) is 25.4. The summed E-state index contributed by atoms with van der Waals surface area (Å²) in [5, 5.41) is 56.1. The van der Waals surface area contributed by atoms with Crippen molar-refractivity contribution in [3.8, 4) is 44.5 Å². The van der Waals surface area contributed by atoms with Crippen LogP contribution in [0.25, 0.3) is 90.9 Å². The van der Waals surface area contributed by atoms with Crippen LogP contribution in [0.2, 0.25) is 0 Å². The lowest BCUT2D eigenvalue weighted by Gasteiger charge is -2.25. The Kier molecular flexibility index (Phi) is 16.2. The number of carboxylic acids is 4. The van der Waals surface area contributed by atoms with Gasteiger partial charge in [0.15, 0.2) is 10.8 Å². The van der Waals surface area contributed by atoms with E-state index in [0.717, 1.165) is 0 Å². The number of H-pyrrole nitrogens is 2. The van der Waals surface area contributed by atoms with Gasteiger partial charge in [-0.3, -0.25) is 38.4 Å². The smallest absolute Gasteiger partial charge is 0.321 e. The van der Waals surface area contributed by atoms with Gasteiger partial charge >= 0.3 is 23.9 Å². The molecule has 3 aromatic heterocycles. The summed E-state index contributed by atoms with van der Waals surface area (Å²) in [4.78, 5) is 132. The predicted octanol–water partition coefficient (Wildman–Crippen LogP) is 14.8. The molecule has 0 fully saturated rings. The summed E-state index contributed by atoms with van der Waals surface area (Å²) in [6.07, 6.45) is 5.25. The Balaban J connectivity index is 1.04. The molecule has 7 heterocycles. The molecule has 0 saturated heterocycles. The lowest BCUT2D eigenvalue weighted by molar-refractivity contribution is -0.166. The number of para-hydroxylation sites is 4. The second kappa shape index (κ2) is 25.8. The minimum atomic E-state index is -2.46. The molecular formula is C82H58N8O12. The summed E-state index contributed by atoms with van der Waals surface area (Å²) < 4.78 is 0. The summed E-state index contributed by atoms with van der Waals surface area (Å²) >= 11 is 0. The van der Waals surface area contributed by atoms with Gasteiger partial charge in [0, 0.05) is 112 Å². The van der Waals surface area contributed by atoms with Crippen molar-refractivity contribution >= 4 is 117 Å². The number of hydrogen-bond acceptors (Lipinski definition) is 10. The number of aliphatic carboxylic acids is 4. The van der Waals surface area contributed by atoms with Crippen molar-refractivity contribution in [1.29, 1.82) is 0 Å². The topological polar surface area (TPSA) is 323 Å². The fraction of sp³-hybridized carbons (Fsp3) is 0.0732. The summed E-state index contributed by atoms with van der Waals surface area (Å²) in [6.45, 7) is 0. The maximum atomic E-state index is 14.9. The molecule has 0 atom stereocenters. The number of benzene rings is 8. The average Bonchev–Trinajstić information content (AvgIpc) is 1.53. The Bertz CT molecular complexity index is 5020. The SMILES string of the molecule is O=C1Nc2ccccc2-c2c3nc(c(c4ccc([nH]4)c4c5nc(c(c6ccc2[nH]6)-c2ccccc2NC(=O)c2cccc(c2)CC(C(=O)O)(C(=O)O)Cc2cccc(c2)C(=O)Nc2ccccc2-4)C=C5)-c2ccccc2NC(=O)c2cccc(c2)CC(C(=O)O)(C(=O)O)Cc2cccc1c2)C=C3. The highest BCUT2D eigenvalue weighted by Crippen LogP contribution is 2.44. The third-order valence-corrected chi connectivity index (χ3v) is 19.0. The molecule has 15 rings (SSSR count). The fourth-order valence-electron chi connectivity index (χ4n) is 14.0. The zero-order valence-electron chi connectivity index (χ0n) is 53.9. The molecule has 20 heteroatoms. The molecule has 0 spiro atoms. The van der Waals surface area contributed by atoms with Crippen molar-refractivity contribution < 1.29 is 58.8 Å². The zero-order chi connectivity index (χ0) is 70.6. The van der Waals surface area contributed by atoms with E-state index in [2.05, 4.69) is 31.2 Å². The number of nitrogens with one attached hydrogen (secondary N) is 6. The maximum Gasteiger partial charge on any atom is 0.321 e. The van der Waals surface area contributed by atoms with E-state index in [1.54, 1.807) is 121 Å². The fourth-order valence-corrected chi connectivity index (χ4v) is 14.0. The quantitative estimate of drug-likeness (QED) is 0.0733. The molecule has 498 valence electrons. The molecule has 0 saturated carbocycles. The Morgan fingerprint density at radius 1 is 0.294 bits per heavy atom. The number of carbonyl (C=O) groups excluding carboxylic acids is 4. The molecule has 4 aliphatic rings. The van der Waals surface area contributed by atoms with E-state index in [4.69, 9.17) is 9.97 Å². The number of anilines is 4. The molecular weight excluding hydrogens is 1290 g/mol. The van der Waals surface area contributed by atoms with Gasteiger partial charge in [-0.1, -0.05) is 121 Å². The number of aromatic amines is 2. The number of amides is 4. The van der Waals surface area contributed by atoms with Crippen molar-refractivity contribution in [3.05, 3.63) is 286 Å². The van der Waals surface area contributed by atoms with Crippen LogP contribution in [0, 0.1) is 10.8 Å². The van der Waals surface area contributed by atoms with Gasteiger partial charge in [-0.05, 0) is 169 Å². The van der Waals surface area contributed by atoms with Crippen LogP contribution in [0.5, 0.6) is 0 Å². The highest BCUT2D eigenvalue weighted by molar-refractivity contribution is 6.13. The molecule has 0 unspecified atom stereocenters. The van der Waals surface area contributed by atoms with Crippen LogP contribution in [-0.2, 0) is 44.9 Å². The van der Waals surface area contributed by atoms with Crippen LogP contribution in [0.3, 0.4) is 0 Å². The van der Waals surface area contributed by atoms with Gasteiger partial charge in [0.2, 0.25) is 0 Å². The first-order chi connectivity index (χ1) is 49.4. The number of carboxylic acid groups (broad SMARTS) is 4. The van der Waals surface area contributed by atoms with E-state index >= 15 is 0 Å². The third-order valence-electron chi connectivity index (χ3n) is 19.0. The molecule has 0 radical (unpaired) electrons. The van der Waals surface area contributed by atoms with E-state index in [-0.39, 0.29) is 44.5 Å². The molecule has 10 N–H and O–H groups in total. The first-order valence-electron chi connectivity index (χ1n) is 32.5. The third kappa shape index (κ3) is 11.8. The number of nitrogens with zero attached hydrogens (tertiary/aromatic N) is 2. The van der Waals surface area contributed by atoms with E-state index in [9.17, 15) is 58.8 Å². The van der Waals surface area contributed by atoms with Crippen molar-refractivity contribution in [3.63, 3.8) is 0 Å². The number of carbonyl (C=O) groups is 8. The lowest BCUT2D eigenvalue weighted by Crippen LogP contribution is -2.43. The Hall–Kier alpha value is -13.9. The van der Waals surface area contributed by atoms with Crippen molar-refractivity contribution in [2.45, 2.75) is 25.7 Å². The van der Waals surface area contributed by atoms with Crippen LogP contribution >= 0.6 is 0 Å². The summed E-state index contributed by atoms with van der Waals surface area (Å²) in [7, 11) is 0. The first kappa shape index (κ1) is 64.1. The van der Waals surface area contributed by atoms with Gasteiger partial charge in [-0.25, -0.2) is 9.97 Å². The van der Waals surface area contributed by atoms with Crippen LogP contribution in [0.4, 0.5) is 22.7 Å². The van der Waals surface area contributed by atoms with Gasteiger partial charge in [-0.2, -0.15) is 0 Å². The number of aromatic nitrogens is 4. The number of rotatable bonds is 4. The molecule has 20 nitrogen and oxygen atoms in total. The summed E-state index contributed by atoms with van der Waals surface area (Å²) in [5.74, 6) is -8.91. The van der Waals surface area contributed by atoms with Gasteiger partial charge in [0.25, 0.3) is 23.6 Å². The summed E-state index contributed by atoms with van der Waals surface area (Å²) in [5.41, 5.74) is 5.16. The molecule has 0 aliphatic carbocycles. The molecule has 102 heavy (non-hydrogen) atoms. The first-order valence-corrected chi connectivity index (χ1v) is 32.5. The van der Waals surface area contributed by atoms with Crippen molar-refractivity contribution in [2.75, 3.05) is 21.3 Å². The molecule has 20 bridgehead atoms. The molecule has 4 aliphatic heterocycles. The standard InChI is InChI=1S/C82H58N8O12/c91-73-49-17-9-13-45(37-49)41-81(77(95)96,78(97)98)42-46-14-10-18-50(38-46)74(92)88-58-26-6-2-22-54(58)70-62-30-29-61(83-62)69(53-21-1-5-25-57(53)87-73)65-33-34-66(85-65)71-55-23-3-7-27-59(55)89-75(93)51-19-11-15-47(39-51)43-82(79(99)100,80(101)102)44-48-16-12-20-52(40-48)76(94)90-60-28-8-4-24-56(60)72(64-32-31-63(71)84-64)68-36-35-67(70)86-68/h1-40,85-86H,41-44H2,(H,87,91)(H,88,92)(H,89,93)(H,90,94)(H,95,96)(H,97,98)(H,99,100)(H,101,102). The van der Waals surface area contributed by atoms with Gasteiger partial charge in [-0.15, -0.1) is 0 Å². The minimum absolute atomic E-state index is 0.0940. The largest absolute Gasteiger partial charge is 0.480 e. The highest BCUT2D eigenvalue weighted by Gasteiger charge is 2.48. The van der Waals surface area contributed by atoms with Gasteiger partial charge in [0.05, 0.1) is 22.8 Å². The Morgan fingerprint density at radius 2 is 0.520 bits per heavy atom. The predicted molar refractivity (Wildman–Crippen MR) is 388 cm³/mol. The monoisotopic (exact) mass is 1350 g/mol. The highest BCUT2D eigenvalue weighted by atomic mass is 16.4. The van der Waals surface area contributed by atoms with E-state index in [0.29, 0.717) is 112 Å². The Morgan fingerprint density at radius 3 is 0.745 bits per heavy atom. The number of hydrogen-bond donors (Lipinski definition) is 10. The Labute approximate surface area is 580 Å². The minimum Gasteiger partial charge on any atom is -0.480 e.